The molecule has 2 fully saturated rings. The van der Waals surface area contributed by atoms with Crippen molar-refractivity contribution in [1.82, 2.24) is 9.88 Å². The van der Waals surface area contributed by atoms with Crippen molar-refractivity contribution in [1.29, 1.82) is 0 Å². The molecule has 1 spiro atoms. The predicted molar refractivity (Wildman–Crippen MR) is 79.4 cm³/mol. The third-order valence-electron chi connectivity index (χ3n) is 4.54. The van der Waals surface area contributed by atoms with Crippen LogP contribution in [0.3, 0.4) is 0 Å². The molecule has 21 heavy (non-hydrogen) atoms. The van der Waals surface area contributed by atoms with E-state index in [0.29, 0.717) is 5.88 Å². The van der Waals surface area contributed by atoms with Crippen molar-refractivity contribution in [3.63, 3.8) is 0 Å². The van der Waals surface area contributed by atoms with Crippen LogP contribution in [0.4, 0.5) is 0 Å². The molecule has 1 aromatic rings. The van der Waals surface area contributed by atoms with Crippen LogP contribution < -0.4 is 4.74 Å². The maximum atomic E-state index is 6.09. The summed E-state index contributed by atoms with van der Waals surface area (Å²) < 4.78 is 16.6. The second kappa shape index (κ2) is 6.30. The molecule has 5 heteroatoms. The Morgan fingerprint density at radius 1 is 1.43 bits per heavy atom. The number of nitrogens with zero attached hydrogens (tertiary/aromatic N) is 2. The van der Waals surface area contributed by atoms with Crippen LogP contribution >= 0.6 is 0 Å². The van der Waals surface area contributed by atoms with Crippen LogP contribution in [0.2, 0.25) is 0 Å². The van der Waals surface area contributed by atoms with E-state index in [2.05, 4.69) is 16.0 Å². The lowest BCUT2D eigenvalue weighted by molar-refractivity contribution is -0.0542. The first-order valence-electron chi connectivity index (χ1n) is 7.61. The van der Waals surface area contributed by atoms with Gasteiger partial charge in [-0.15, -0.1) is 0 Å². The summed E-state index contributed by atoms with van der Waals surface area (Å²) in [6.45, 7) is 3.75. The van der Waals surface area contributed by atoms with Gasteiger partial charge in [0.15, 0.2) is 0 Å². The maximum absolute atomic E-state index is 6.09. The Morgan fingerprint density at radius 3 is 3.00 bits per heavy atom. The van der Waals surface area contributed by atoms with Gasteiger partial charge in [0.25, 0.3) is 0 Å². The molecule has 3 heterocycles. The second-order valence-corrected chi connectivity index (χ2v) is 6.08. The van der Waals surface area contributed by atoms with Gasteiger partial charge in [-0.25, -0.2) is 4.98 Å². The number of likely N-dealkylation sites (tertiary alicyclic amines) is 1. The van der Waals surface area contributed by atoms with E-state index < -0.39 is 0 Å². The van der Waals surface area contributed by atoms with Gasteiger partial charge in [0, 0.05) is 38.9 Å². The summed E-state index contributed by atoms with van der Waals surface area (Å²) in [5, 5.41) is 0. The first-order chi connectivity index (χ1) is 10.2. The fourth-order valence-corrected chi connectivity index (χ4v) is 3.45. The molecule has 2 atom stereocenters. The molecule has 116 valence electrons. The Labute approximate surface area is 126 Å². The summed E-state index contributed by atoms with van der Waals surface area (Å²) in [6.07, 6.45) is 5.49. The lowest BCUT2D eigenvalue weighted by Crippen LogP contribution is -2.47. The van der Waals surface area contributed by atoms with E-state index in [1.165, 1.54) is 12.0 Å². The molecule has 0 N–H and O–H groups in total. The molecule has 1 aromatic heterocycles. The van der Waals surface area contributed by atoms with E-state index in [-0.39, 0.29) is 11.7 Å². The average molecular weight is 292 g/mol. The lowest BCUT2D eigenvalue weighted by atomic mass is 9.89. The highest BCUT2D eigenvalue weighted by Crippen LogP contribution is 2.36. The molecule has 0 bridgehead atoms. The minimum atomic E-state index is -0.00117. The molecular formula is C16H24N2O3. The summed E-state index contributed by atoms with van der Waals surface area (Å²) >= 11 is 0. The van der Waals surface area contributed by atoms with Gasteiger partial charge in [0.05, 0.1) is 25.4 Å². The third kappa shape index (κ3) is 3.36. The minimum Gasteiger partial charge on any atom is -0.481 e. The third-order valence-corrected chi connectivity index (χ3v) is 4.54. The fraction of sp³-hybridized carbons (Fsp3) is 0.688. The molecule has 2 aliphatic rings. The summed E-state index contributed by atoms with van der Waals surface area (Å²) in [5.74, 6) is 0.663. The fourth-order valence-electron chi connectivity index (χ4n) is 3.45. The van der Waals surface area contributed by atoms with Gasteiger partial charge in [-0.05, 0) is 24.9 Å². The van der Waals surface area contributed by atoms with E-state index >= 15 is 0 Å². The van der Waals surface area contributed by atoms with Crippen LogP contribution in [0, 0.1) is 0 Å². The molecule has 0 amide bonds. The second-order valence-electron chi connectivity index (χ2n) is 6.08. The van der Waals surface area contributed by atoms with Gasteiger partial charge in [-0.2, -0.15) is 0 Å². The quantitative estimate of drug-likeness (QED) is 0.847. The molecule has 0 aromatic carbocycles. The van der Waals surface area contributed by atoms with E-state index in [9.17, 15) is 0 Å². The number of hydrogen-bond acceptors (Lipinski definition) is 5. The number of methoxy groups -OCH3 is 2. The monoisotopic (exact) mass is 292 g/mol. The number of rotatable bonds is 4. The van der Waals surface area contributed by atoms with E-state index in [4.69, 9.17) is 14.2 Å². The zero-order valence-corrected chi connectivity index (χ0v) is 12.9. The van der Waals surface area contributed by atoms with Gasteiger partial charge in [-0.1, -0.05) is 6.07 Å². The van der Waals surface area contributed by atoms with Gasteiger partial charge in [0.1, 0.15) is 0 Å². The smallest absolute Gasteiger partial charge is 0.212 e. The van der Waals surface area contributed by atoms with Crippen LogP contribution in [-0.2, 0) is 16.0 Å². The summed E-state index contributed by atoms with van der Waals surface area (Å²) in [4.78, 5) is 6.74. The molecule has 2 unspecified atom stereocenters. The van der Waals surface area contributed by atoms with Crippen LogP contribution in [0.5, 0.6) is 5.88 Å². The molecule has 0 aliphatic carbocycles. The van der Waals surface area contributed by atoms with Crippen molar-refractivity contribution in [3.05, 3.63) is 23.9 Å². The van der Waals surface area contributed by atoms with Crippen molar-refractivity contribution in [2.45, 2.75) is 37.5 Å². The SMILES string of the molecule is COc1ccc(CN2CCCC3(CC(OC)CO3)C2)cn1. The molecule has 2 aliphatic heterocycles. The van der Waals surface area contributed by atoms with Crippen LogP contribution in [0.25, 0.3) is 0 Å². The van der Waals surface area contributed by atoms with E-state index in [1.807, 2.05) is 12.3 Å². The average Bonchev–Trinajstić information content (AvgIpc) is 2.91. The largest absolute Gasteiger partial charge is 0.481 e. The van der Waals surface area contributed by atoms with Gasteiger partial charge >= 0.3 is 0 Å². The number of ether oxygens (including phenoxy) is 3. The van der Waals surface area contributed by atoms with Gasteiger partial charge in [0.2, 0.25) is 5.88 Å². The molecule has 3 rings (SSSR count). The number of aromatic nitrogens is 1. The van der Waals surface area contributed by atoms with E-state index in [0.717, 1.165) is 39.1 Å². The Kier molecular flexibility index (Phi) is 4.42. The molecule has 2 saturated heterocycles. The minimum absolute atomic E-state index is 0.00117. The van der Waals surface area contributed by atoms with Crippen molar-refractivity contribution < 1.29 is 14.2 Å². The zero-order chi connectivity index (χ0) is 14.7. The Hall–Kier alpha value is -1.17. The first kappa shape index (κ1) is 14.8. The lowest BCUT2D eigenvalue weighted by Gasteiger charge is -2.39. The van der Waals surface area contributed by atoms with Gasteiger partial charge < -0.3 is 14.2 Å². The number of pyridine rings is 1. The van der Waals surface area contributed by atoms with Crippen LogP contribution in [0.15, 0.2) is 18.3 Å². The van der Waals surface area contributed by atoms with Crippen molar-refractivity contribution >= 4 is 0 Å². The van der Waals surface area contributed by atoms with Gasteiger partial charge in [-0.3, -0.25) is 4.90 Å². The van der Waals surface area contributed by atoms with Crippen molar-refractivity contribution in [3.8, 4) is 5.88 Å². The number of piperidine rings is 1. The summed E-state index contributed by atoms with van der Waals surface area (Å²) in [5.41, 5.74) is 1.22. The summed E-state index contributed by atoms with van der Waals surface area (Å²) in [6, 6.07) is 4.00. The zero-order valence-electron chi connectivity index (χ0n) is 12.9. The first-order valence-corrected chi connectivity index (χ1v) is 7.61. The highest BCUT2D eigenvalue weighted by Gasteiger charge is 2.43. The van der Waals surface area contributed by atoms with Crippen molar-refractivity contribution in [2.75, 3.05) is 33.9 Å². The Bertz CT molecular complexity index is 465. The number of hydrogen-bond donors (Lipinski definition) is 0. The van der Waals surface area contributed by atoms with Crippen molar-refractivity contribution in [2.24, 2.45) is 0 Å². The molecule has 0 saturated carbocycles. The van der Waals surface area contributed by atoms with Crippen LogP contribution in [-0.4, -0.2) is 55.5 Å². The normalized spacial score (nSPS) is 29.9. The molecule has 0 radical (unpaired) electrons. The highest BCUT2D eigenvalue weighted by molar-refractivity contribution is 5.17. The maximum Gasteiger partial charge on any atom is 0.212 e. The topological polar surface area (TPSA) is 43.8 Å². The molecule has 5 nitrogen and oxygen atoms in total. The standard InChI is InChI=1S/C16H24N2O3/c1-19-14-8-16(21-11-14)6-3-7-18(12-16)10-13-4-5-15(20-2)17-9-13/h4-5,9,14H,3,6-8,10-12H2,1-2H3. The van der Waals surface area contributed by atoms with Crippen LogP contribution in [0.1, 0.15) is 24.8 Å². The highest BCUT2D eigenvalue weighted by atomic mass is 16.6. The Morgan fingerprint density at radius 2 is 2.33 bits per heavy atom. The van der Waals surface area contributed by atoms with E-state index in [1.54, 1.807) is 14.2 Å². The predicted octanol–water partition coefficient (Wildman–Crippen LogP) is 1.86. The Balaban J connectivity index is 1.61. The summed E-state index contributed by atoms with van der Waals surface area (Å²) in [7, 11) is 3.41. The molecular weight excluding hydrogens is 268 g/mol.